The average Bonchev–Trinajstić information content (AvgIpc) is 2.45. The first-order chi connectivity index (χ1) is 9.56. The number of ether oxygens (including phenoxy) is 2. The maximum atomic E-state index is 13.1. The molecule has 1 aromatic carbocycles. The molecule has 0 N–H and O–H groups in total. The van der Waals surface area contributed by atoms with Crippen LogP contribution < -0.4 is 0 Å². The highest BCUT2D eigenvalue weighted by Crippen LogP contribution is 2.17. The summed E-state index contributed by atoms with van der Waals surface area (Å²) in [6.07, 6.45) is 0.301. The van der Waals surface area contributed by atoms with E-state index in [1.54, 1.807) is 19.2 Å². The van der Waals surface area contributed by atoms with Gasteiger partial charge in [0.25, 0.3) is 0 Å². The topological polar surface area (TPSA) is 38.8 Å². The SMILES string of the molecule is COCCN(CCC(=O)OC)Cc1ccc(F)c(Cl)c1. The summed E-state index contributed by atoms with van der Waals surface area (Å²) in [6.45, 7) is 2.34. The van der Waals surface area contributed by atoms with Gasteiger partial charge in [0, 0.05) is 26.7 Å². The molecular formula is C14H19ClFNO3. The van der Waals surface area contributed by atoms with Crippen LogP contribution in [0, 0.1) is 5.82 Å². The molecule has 0 fully saturated rings. The van der Waals surface area contributed by atoms with E-state index in [0.717, 1.165) is 5.56 Å². The molecule has 0 aliphatic carbocycles. The summed E-state index contributed by atoms with van der Waals surface area (Å²) in [4.78, 5) is 13.2. The predicted molar refractivity (Wildman–Crippen MR) is 75.2 cm³/mol. The van der Waals surface area contributed by atoms with Crippen molar-refractivity contribution in [1.82, 2.24) is 4.90 Å². The molecule has 0 amide bonds. The lowest BCUT2D eigenvalue weighted by Crippen LogP contribution is -2.29. The minimum Gasteiger partial charge on any atom is -0.469 e. The predicted octanol–water partition coefficient (Wildman–Crippen LogP) is 2.49. The van der Waals surface area contributed by atoms with Gasteiger partial charge in [-0.25, -0.2) is 4.39 Å². The summed E-state index contributed by atoms with van der Waals surface area (Å²) < 4.78 is 22.8. The lowest BCUT2D eigenvalue weighted by atomic mass is 10.2. The standard InChI is InChI=1S/C14H19ClFNO3/c1-19-8-7-17(6-5-14(18)20-2)10-11-3-4-13(16)12(15)9-11/h3-4,9H,5-8,10H2,1-2H3. The molecule has 4 nitrogen and oxygen atoms in total. The minimum atomic E-state index is -0.437. The Morgan fingerprint density at radius 2 is 2.10 bits per heavy atom. The molecule has 0 radical (unpaired) electrons. The van der Waals surface area contributed by atoms with Crippen LogP contribution in [0.1, 0.15) is 12.0 Å². The van der Waals surface area contributed by atoms with Gasteiger partial charge in [0.05, 0.1) is 25.2 Å². The second-order valence-corrected chi connectivity index (χ2v) is 4.75. The van der Waals surface area contributed by atoms with Gasteiger partial charge in [-0.2, -0.15) is 0 Å². The maximum absolute atomic E-state index is 13.1. The normalized spacial score (nSPS) is 10.8. The molecule has 6 heteroatoms. The summed E-state index contributed by atoms with van der Waals surface area (Å²) in [5.74, 6) is -0.696. The summed E-state index contributed by atoms with van der Waals surface area (Å²) in [7, 11) is 2.98. The van der Waals surface area contributed by atoms with Crippen LogP contribution in [0.5, 0.6) is 0 Å². The molecular weight excluding hydrogens is 285 g/mol. The van der Waals surface area contributed by atoms with Crippen LogP contribution in [-0.4, -0.2) is 44.8 Å². The molecule has 0 aliphatic rings. The molecule has 1 rings (SSSR count). The number of halogens is 2. The highest BCUT2D eigenvalue weighted by Gasteiger charge is 2.10. The smallest absolute Gasteiger partial charge is 0.306 e. The first-order valence-corrected chi connectivity index (χ1v) is 6.66. The molecule has 0 aliphatic heterocycles. The first kappa shape index (κ1) is 16.9. The highest BCUT2D eigenvalue weighted by molar-refractivity contribution is 6.30. The fourth-order valence-electron chi connectivity index (χ4n) is 1.74. The summed E-state index contributed by atoms with van der Waals surface area (Å²) in [5, 5.41) is 0.0992. The molecule has 1 aromatic rings. The Kier molecular flexibility index (Phi) is 7.51. The zero-order valence-corrected chi connectivity index (χ0v) is 12.5. The fraction of sp³-hybridized carbons (Fsp3) is 0.500. The Morgan fingerprint density at radius 3 is 2.70 bits per heavy atom. The third-order valence-corrected chi connectivity index (χ3v) is 3.15. The van der Waals surface area contributed by atoms with E-state index in [9.17, 15) is 9.18 Å². The van der Waals surface area contributed by atoms with Crippen LogP contribution in [0.25, 0.3) is 0 Å². The van der Waals surface area contributed by atoms with Gasteiger partial charge in [0.1, 0.15) is 5.82 Å². The molecule has 0 unspecified atom stereocenters. The van der Waals surface area contributed by atoms with E-state index >= 15 is 0 Å². The van der Waals surface area contributed by atoms with E-state index in [2.05, 4.69) is 4.74 Å². The van der Waals surface area contributed by atoms with Gasteiger partial charge in [0.2, 0.25) is 0 Å². The van der Waals surface area contributed by atoms with E-state index in [-0.39, 0.29) is 11.0 Å². The number of nitrogens with zero attached hydrogens (tertiary/aromatic N) is 1. The Balaban J connectivity index is 2.62. The van der Waals surface area contributed by atoms with Gasteiger partial charge < -0.3 is 9.47 Å². The maximum Gasteiger partial charge on any atom is 0.306 e. The number of rotatable bonds is 8. The van der Waals surface area contributed by atoms with Gasteiger partial charge in [-0.1, -0.05) is 17.7 Å². The number of hydrogen-bond acceptors (Lipinski definition) is 4. The van der Waals surface area contributed by atoms with Crippen molar-refractivity contribution in [1.29, 1.82) is 0 Å². The van der Waals surface area contributed by atoms with Crippen molar-refractivity contribution in [2.24, 2.45) is 0 Å². The third-order valence-electron chi connectivity index (χ3n) is 2.86. The number of esters is 1. The number of carbonyl (C=O) groups is 1. The number of benzene rings is 1. The van der Waals surface area contributed by atoms with E-state index < -0.39 is 5.82 Å². The van der Waals surface area contributed by atoms with E-state index in [1.165, 1.54) is 13.2 Å². The van der Waals surface area contributed by atoms with Crippen molar-refractivity contribution in [3.63, 3.8) is 0 Å². The molecule has 20 heavy (non-hydrogen) atoms. The zero-order valence-electron chi connectivity index (χ0n) is 11.7. The molecule has 0 spiro atoms. The largest absolute Gasteiger partial charge is 0.469 e. The van der Waals surface area contributed by atoms with Crippen LogP contribution >= 0.6 is 11.6 Å². The fourth-order valence-corrected chi connectivity index (χ4v) is 1.94. The Labute approximate surface area is 123 Å². The quantitative estimate of drug-likeness (QED) is 0.692. The van der Waals surface area contributed by atoms with Crippen LogP contribution in [0.3, 0.4) is 0 Å². The van der Waals surface area contributed by atoms with Crippen molar-refractivity contribution >= 4 is 17.6 Å². The van der Waals surface area contributed by atoms with E-state index in [1.807, 2.05) is 4.90 Å². The summed E-state index contributed by atoms with van der Waals surface area (Å²) in [5.41, 5.74) is 0.886. The van der Waals surface area contributed by atoms with E-state index in [4.69, 9.17) is 16.3 Å². The second kappa shape index (κ2) is 8.89. The summed E-state index contributed by atoms with van der Waals surface area (Å²) in [6, 6.07) is 4.61. The molecule has 0 saturated heterocycles. The monoisotopic (exact) mass is 303 g/mol. The van der Waals surface area contributed by atoms with Crippen LogP contribution in [0.15, 0.2) is 18.2 Å². The Morgan fingerprint density at radius 1 is 1.35 bits per heavy atom. The minimum absolute atomic E-state index is 0.0992. The van der Waals surface area contributed by atoms with Gasteiger partial charge in [-0.3, -0.25) is 9.69 Å². The first-order valence-electron chi connectivity index (χ1n) is 6.29. The Bertz CT molecular complexity index is 442. The Hall–Kier alpha value is -1.17. The molecule has 0 bridgehead atoms. The van der Waals surface area contributed by atoms with Crippen LogP contribution in [0.4, 0.5) is 4.39 Å². The van der Waals surface area contributed by atoms with Crippen molar-refractivity contribution in [3.8, 4) is 0 Å². The summed E-state index contributed by atoms with van der Waals surface area (Å²) >= 11 is 5.76. The van der Waals surface area contributed by atoms with E-state index in [0.29, 0.717) is 32.7 Å². The second-order valence-electron chi connectivity index (χ2n) is 4.34. The average molecular weight is 304 g/mol. The molecule has 112 valence electrons. The van der Waals surface area contributed by atoms with Gasteiger partial charge >= 0.3 is 5.97 Å². The van der Waals surface area contributed by atoms with Crippen LogP contribution in [-0.2, 0) is 20.8 Å². The van der Waals surface area contributed by atoms with Crippen molar-refractivity contribution in [3.05, 3.63) is 34.6 Å². The van der Waals surface area contributed by atoms with Crippen molar-refractivity contribution in [2.75, 3.05) is 33.9 Å². The lowest BCUT2D eigenvalue weighted by molar-refractivity contribution is -0.141. The van der Waals surface area contributed by atoms with Crippen LogP contribution in [0.2, 0.25) is 5.02 Å². The number of methoxy groups -OCH3 is 2. The van der Waals surface area contributed by atoms with Crippen molar-refractivity contribution in [2.45, 2.75) is 13.0 Å². The van der Waals surface area contributed by atoms with Crippen molar-refractivity contribution < 1.29 is 18.7 Å². The molecule has 0 aromatic heterocycles. The van der Waals surface area contributed by atoms with Gasteiger partial charge in [-0.15, -0.1) is 0 Å². The number of carbonyl (C=O) groups excluding carboxylic acids is 1. The van der Waals surface area contributed by atoms with Gasteiger partial charge in [0.15, 0.2) is 0 Å². The zero-order chi connectivity index (χ0) is 15.0. The highest BCUT2D eigenvalue weighted by atomic mass is 35.5. The molecule has 0 atom stereocenters. The van der Waals surface area contributed by atoms with Gasteiger partial charge in [-0.05, 0) is 17.7 Å². The number of hydrogen-bond donors (Lipinski definition) is 0. The molecule has 0 heterocycles. The third kappa shape index (κ3) is 5.86. The lowest BCUT2D eigenvalue weighted by Gasteiger charge is -2.21. The molecule has 0 saturated carbocycles.